The maximum atomic E-state index is 13.3. The Morgan fingerprint density at radius 2 is 2.08 bits per heavy atom. The van der Waals surface area contributed by atoms with E-state index in [0.717, 1.165) is 30.6 Å². The molecule has 4 rings (SSSR count). The number of fused-ring (bicyclic) bond motifs is 2. The fourth-order valence-corrected chi connectivity index (χ4v) is 5.25. The number of hydrogen-bond donors (Lipinski definition) is 1. The molecule has 0 radical (unpaired) electrons. The van der Waals surface area contributed by atoms with E-state index in [-0.39, 0.29) is 23.8 Å². The Morgan fingerprint density at radius 3 is 2.88 bits per heavy atom. The highest BCUT2D eigenvalue weighted by atomic mass is 32.2. The lowest BCUT2D eigenvalue weighted by atomic mass is 9.84. The van der Waals surface area contributed by atoms with Crippen LogP contribution in [0, 0.1) is 5.92 Å². The zero-order valence-electron chi connectivity index (χ0n) is 14.7. The highest BCUT2D eigenvalue weighted by Gasteiger charge is 2.48. The number of hydrogen-bond acceptors (Lipinski definition) is 5. The van der Waals surface area contributed by atoms with Gasteiger partial charge >= 0.3 is 5.97 Å². The second-order valence-electron chi connectivity index (χ2n) is 7.15. The van der Waals surface area contributed by atoms with Crippen LogP contribution in [0.15, 0.2) is 23.1 Å². The van der Waals surface area contributed by atoms with Crippen molar-refractivity contribution in [3.63, 3.8) is 0 Å². The minimum Gasteiger partial charge on any atom is -0.467 e. The number of rotatable bonds is 2. The summed E-state index contributed by atoms with van der Waals surface area (Å²) in [4.78, 5) is 40.0. The van der Waals surface area contributed by atoms with Crippen LogP contribution in [-0.4, -0.2) is 47.6 Å². The predicted octanol–water partition coefficient (Wildman–Crippen LogP) is 2.68. The predicted molar refractivity (Wildman–Crippen MR) is 98.1 cm³/mol. The number of nitrogens with one attached hydrogen (secondary N) is 1. The molecule has 1 saturated heterocycles. The van der Waals surface area contributed by atoms with Gasteiger partial charge < -0.3 is 15.0 Å². The molecule has 2 heterocycles. The molecular formula is C19H22N2O4S. The molecule has 1 saturated carbocycles. The average molecular weight is 374 g/mol. The molecule has 1 aromatic carbocycles. The smallest absolute Gasteiger partial charge is 0.328 e. The van der Waals surface area contributed by atoms with Crippen molar-refractivity contribution in [3.05, 3.63) is 23.8 Å². The molecule has 0 bridgehead atoms. The van der Waals surface area contributed by atoms with Crippen molar-refractivity contribution in [1.82, 2.24) is 4.90 Å². The molecule has 2 fully saturated rings. The summed E-state index contributed by atoms with van der Waals surface area (Å²) in [6.45, 7) is 0. The Bertz CT molecular complexity index is 766. The van der Waals surface area contributed by atoms with Gasteiger partial charge in [-0.25, -0.2) is 4.79 Å². The second kappa shape index (κ2) is 6.95. The number of carbonyl (C=O) groups is 3. The van der Waals surface area contributed by atoms with Crippen LogP contribution >= 0.6 is 11.8 Å². The van der Waals surface area contributed by atoms with E-state index in [1.165, 1.54) is 18.9 Å². The molecule has 138 valence electrons. The fraction of sp³-hybridized carbons (Fsp3) is 0.526. The molecular weight excluding hydrogens is 352 g/mol. The Balaban J connectivity index is 1.65. The van der Waals surface area contributed by atoms with Crippen molar-refractivity contribution >= 4 is 35.2 Å². The number of anilines is 1. The lowest BCUT2D eigenvalue weighted by molar-refractivity contribution is -0.145. The Hall–Kier alpha value is -2.02. The monoisotopic (exact) mass is 374 g/mol. The zero-order valence-corrected chi connectivity index (χ0v) is 15.5. The van der Waals surface area contributed by atoms with Gasteiger partial charge in [0, 0.05) is 16.5 Å². The lowest BCUT2D eigenvalue weighted by Gasteiger charge is -2.33. The summed E-state index contributed by atoms with van der Waals surface area (Å²) in [6, 6.07) is 4.97. The maximum Gasteiger partial charge on any atom is 0.328 e. The third-order valence-electron chi connectivity index (χ3n) is 5.66. The van der Waals surface area contributed by atoms with E-state index in [1.54, 1.807) is 17.0 Å². The normalized spacial score (nSPS) is 27.3. The Kier molecular flexibility index (Phi) is 4.65. The van der Waals surface area contributed by atoms with Gasteiger partial charge in [-0.3, -0.25) is 9.59 Å². The molecule has 3 aliphatic rings. The van der Waals surface area contributed by atoms with Crippen LogP contribution < -0.4 is 5.32 Å². The number of benzene rings is 1. The van der Waals surface area contributed by atoms with Crippen LogP contribution in [0.3, 0.4) is 0 Å². The quantitative estimate of drug-likeness (QED) is 0.806. The number of amides is 2. The zero-order chi connectivity index (χ0) is 18.3. The molecule has 6 nitrogen and oxygen atoms in total. The van der Waals surface area contributed by atoms with E-state index in [0.29, 0.717) is 29.3 Å². The van der Waals surface area contributed by atoms with Crippen LogP contribution in [0.1, 0.15) is 42.5 Å². The molecule has 26 heavy (non-hydrogen) atoms. The van der Waals surface area contributed by atoms with Gasteiger partial charge in [0.2, 0.25) is 5.91 Å². The van der Waals surface area contributed by atoms with Crippen LogP contribution in [-0.2, 0) is 14.3 Å². The van der Waals surface area contributed by atoms with Gasteiger partial charge in [-0.1, -0.05) is 12.8 Å². The van der Waals surface area contributed by atoms with Crippen molar-refractivity contribution < 1.29 is 19.1 Å². The minimum atomic E-state index is -0.513. The van der Waals surface area contributed by atoms with Gasteiger partial charge in [-0.2, -0.15) is 0 Å². The van der Waals surface area contributed by atoms with E-state index in [9.17, 15) is 14.4 Å². The Labute approximate surface area is 156 Å². The summed E-state index contributed by atoms with van der Waals surface area (Å²) >= 11 is 1.47. The molecule has 1 N–H and O–H groups in total. The van der Waals surface area contributed by atoms with Gasteiger partial charge in [0.15, 0.2) is 0 Å². The van der Waals surface area contributed by atoms with Crippen molar-refractivity contribution in [3.8, 4) is 0 Å². The second-order valence-corrected chi connectivity index (χ2v) is 8.16. The summed E-state index contributed by atoms with van der Waals surface area (Å²) in [7, 11) is 1.37. The summed E-state index contributed by atoms with van der Waals surface area (Å²) in [5, 5.41) is 2.83. The summed E-state index contributed by atoms with van der Waals surface area (Å²) in [6.07, 6.45) is 4.90. The molecule has 2 amide bonds. The van der Waals surface area contributed by atoms with E-state index < -0.39 is 6.04 Å². The summed E-state index contributed by atoms with van der Waals surface area (Å²) < 4.78 is 4.97. The van der Waals surface area contributed by atoms with Crippen LogP contribution in [0.25, 0.3) is 0 Å². The highest BCUT2D eigenvalue weighted by molar-refractivity contribution is 8.00. The molecule has 0 spiro atoms. The number of esters is 1. The number of methoxy groups -OCH3 is 1. The van der Waals surface area contributed by atoms with Crippen molar-refractivity contribution in [2.24, 2.45) is 5.92 Å². The molecule has 3 atom stereocenters. The number of likely N-dealkylation sites (tertiary alicyclic amines) is 1. The van der Waals surface area contributed by atoms with Crippen LogP contribution in [0.5, 0.6) is 0 Å². The summed E-state index contributed by atoms with van der Waals surface area (Å²) in [5.74, 6) is 0.204. The molecule has 0 unspecified atom stereocenters. The number of thioether (sulfide) groups is 1. The van der Waals surface area contributed by atoms with Gasteiger partial charge in [0.05, 0.1) is 18.6 Å². The van der Waals surface area contributed by atoms with E-state index in [4.69, 9.17) is 4.74 Å². The fourth-order valence-electron chi connectivity index (χ4n) is 4.46. The van der Waals surface area contributed by atoms with Crippen LogP contribution in [0.2, 0.25) is 0 Å². The molecule has 1 aromatic rings. The standard InChI is InChI=1S/C19H22N2O4S/c1-25-19(24)15-9-11-4-2-3-5-14(11)21(15)18(23)12-6-7-16-13(8-12)20-17(22)10-26-16/h6-8,11,14-15H,2-5,9-10H2,1H3,(H,20,22)/t11-,14+,15+/m1/s1. The number of ether oxygens (including phenoxy) is 1. The summed E-state index contributed by atoms with van der Waals surface area (Å²) in [5.41, 5.74) is 1.18. The van der Waals surface area contributed by atoms with Crippen molar-refractivity contribution in [2.45, 2.75) is 49.1 Å². The molecule has 2 aliphatic heterocycles. The SMILES string of the molecule is COC(=O)[C@@H]1C[C@H]2CCCC[C@@H]2N1C(=O)c1ccc2c(c1)NC(=O)CS2. The topological polar surface area (TPSA) is 75.7 Å². The highest BCUT2D eigenvalue weighted by Crippen LogP contribution is 2.41. The third kappa shape index (κ3) is 2.98. The van der Waals surface area contributed by atoms with Crippen molar-refractivity contribution in [1.29, 1.82) is 0 Å². The minimum absolute atomic E-state index is 0.0620. The van der Waals surface area contributed by atoms with Gasteiger partial charge in [0.25, 0.3) is 5.91 Å². The Morgan fingerprint density at radius 1 is 1.27 bits per heavy atom. The van der Waals surface area contributed by atoms with Gasteiger partial charge in [-0.15, -0.1) is 11.8 Å². The van der Waals surface area contributed by atoms with Crippen molar-refractivity contribution in [2.75, 3.05) is 18.2 Å². The van der Waals surface area contributed by atoms with Gasteiger partial charge in [-0.05, 0) is 43.4 Å². The molecule has 7 heteroatoms. The maximum absolute atomic E-state index is 13.3. The van der Waals surface area contributed by atoms with E-state index >= 15 is 0 Å². The molecule has 0 aromatic heterocycles. The first-order valence-corrected chi connectivity index (χ1v) is 10.0. The van der Waals surface area contributed by atoms with Gasteiger partial charge in [0.1, 0.15) is 6.04 Å². The number of nitrogens with zero attached hydrogens (tertiary/aromatic N) is 1. The van der Waals surface area contributed by atoms with Crippen LogP contribution in [0.4, 0.5) is 5.69 Å². The van der Waals surface area contributed by atoms with E-state index in [2.05, 4.69) is 5.32 Å². The largest absolute Gasteiger partial charge is 0.467 e. The first-order chi connectivity index (χ1) is 12.6. The third-order valence-corrected chi connectivity index (χ3v) is 6.73. The number of carbonyl (C=O) groups excluding carboxylic acids is 3. The van der Waals surface area contributed by atoms with E-state index in [1.807, 2.05) is 6.07 Å². The first-order valence-electron chi connectivity index (χ1n) is 9.05. The molecule has 1 aliphatic carbocycles. The lowest BCUT2D eigenvalue weighted by Crippen LogP contribution is -2.46. The first kappa shape index (κ1) is 17.4. The average Bonchev–Trinajstić information content (AvgIpc) is 3.05.